The molecule has 0 aromatic rings. The summed E-state index contributed by atoms with van der Waals surface area (Å²) in [5.74, 6) is 0.109. The highest BCUT2D eigenvalue weighted by atomic mass is 16.5. The molecule has 5 heteroatoms. The molecule has 0 saturated carbocycles. The standard InChI is InChI=1S/C12H23N3O2/c1-14-6-3-4-10(14)9-15(2)12(16)11-8-13-5-7-17-11/h10-11,13H,3-9H2,1-2H3. The van der Waals surface area contributed by atoms with Crippen molar-refractivity contribution in [2.75, 3.05) is 46.9 Å². The second kappa shape index (κ2) is 5.80. The lowest BCUT2D eigenvalue weighted by molar-refractivity contribution is -0.144. The third kappa shape index (κ3) is 3.18. The molecule has 1 N–H and O–H groups in total. The van der Waals surface area contributed by atoms with Crippen molar-refractivity contribution in [3.05, 3.63) is 0 Å². The van der Waals surface area contributed by atoms with Crippen LogP contribution < -0.4 is 5.32 Å². The second-order valence-electron chi connectivity index (χ2n) is 5.06. The van der Waals surface area contributed by atoms with Gasteiger partial charge in [-0.15, -0.1) is 0 Å². The Morgan fingerprint density at radius 1 is 1.59 bits per heavy atom. The van der Waals surface area contributed by atoms with Crippen molar-refractivity contribution in [1.82, 2.24) is 15.1 Å². The zero-order valence-corrected chi connectivity index (χ0v) is 10.8. The van der Waals surface area contributed by atoms with Crippen molar-refractivity contribution in [3.63, 3.8) is 0 Å². The molecule has 2 rings (SSSR count). The van der Waals surface area contributed by atoms with Crippen LogP contribution in [0.5, 0.6) is 0 Å². The topological polar surface area (TPSA) is 44.8 Å². The summed E-state index contributed by atoms with van der Waals surface area (Å²) in [6, 6.07) is 0.514. The van der Waals surface area contributed by atoms with Gasteiger partial charge in [-0.3, -0.25) is 4.79 Å². The largest absolute Gasteiger partial charge is 0.366 e. The number of amides is 1. The van der Waals surface area contributed by atoms with Gasteiger partial charge in [0.05, 0.1) is 6.61 Å². The Kier molecular flexibility index (Phi) is 4.36. The molecule has 0 aliphatic carbocycles. The maximum Gasteiger partial charge on any atom is 0.252 e. The lowest BCUT2D eigenvalue weighted by atomic mass is 10.2. The van der Waals surface area contributed by atoms with E-state index >= 15 is 0 Å². The highest BCUT2D eigenvalue weighted by Gasteiger charge is 2.28. The van der Waals surface area contributed by atoms with Crippen LogP contribution >= 0.6 is 0 Å². The Hall–Kier alpha value is -0.650. The molecule has 2 unspecified atom stereocenters. The minimum atomic E-state index is -0.291. The Morgan fingerprint density at radius 2 is 2.41 bits per heavy atom. The van der Waals surface area contributed by atoms with Crippen LogP contribution in [-0.4, -0.2) is 74.7 Å². The Balaban J connectivity index is 1.81. The third-order valence-corrected chi connectivity index (χ3v) is 3.74. The fraction of sp³-hybridized carbons (Fsp3) is 0.917. The summed E-state index contributed by atoms with van der Waals surface area (Å²) in [4.78, 5) is 16.3. The average molecular weight is 241 g/mol. The maximum absolute atomic E-state index is 12.1. The molecule has 0 aromatic carbocycles. The van der Waals surface area contributed by atoms with Crippen molar-refractivity contribution >= 4 is 5.91 Å². The summed E-state index contributed by atoms with van der Waals surface area (Å²) < 4.78 is 5.48. The monoisotopic (exact) mass is 241 g/mol. The second-order valence-corrected chi connectivity index (χ2v) is 5.06. The highest BCUT2D eigenvalue weighted by Crippen LogP contribution is 2.16. The summed E-state index contributed by atoms with van der Waals surface area (Å²) in [7, 11) is 4.01. The molecule has 17 heavy (non-hydrogen) atoms. The first-order chi connectivity index (χ1) is 8.18. The van der Waals surface area contributed by atoms with Gasteiger partial charge in [0.15, 0.2) is 0 Å². The van der Waals surface area contributed by atoms with Crippen LogP contribution in [0.25, 0.3) is 0 Å². The first-order valence-electron chi connectivity index (χ1n) is 6.46. The van der Waals surface area contributed by atoms with Gasteiger partial charge in [-0.05, 0) is 26.4 Å². The number of ether oxygens (including phenoxy) is 1. The lowest BCUT2D eigenvalue weighted by Crippen LogP contribution is -2.50. The van der Waals surface area contributed by atoms with Gasteiger partial charge in [-0.25, -0.2) is 0 Å². The molecule has 0 aromatic heterocycles. The minimum Gasteiger partial charge on any atom is -0.366 e. The molecule has 1 amide bonds. The number of likely N-dealkylation sites (tertiary alicyclic amines) is 1. The van der Waals surface area contributed by atoms with Gasteiger partial charge in [-0.2, -0.15) is 0 Å². The molecule has 2 aliphatic heterocycles. The molecule has 0 radical (unpaired) electrons. The molecule has 98 valence electrons. The number of hydrogen-bond acceptors (Lipinski definition) is 4. The van der Waals surface area contributed by atoms with E-state index in [1.165, 1.54) is 12.8 Å². The molecule has 2 fully saturated rings. The van der Waals surface area contributed by atoms with Gasteiger partial charge in [0, 0.05) is 32.7 Å². The normalized spacial score (nSPS) is 30.5. The first kappa shape index (κ1) is 12.8. The predicted molar refractivity (Wildman–Crippen MR) is 65.9 cm³/mol. The van der Waals surface area contributed by atoms with E-state index in [0.29, 0.717) is 19.2 Å². The predicted octanol–water partition coefficient (Wildman–Crippen LogP) is -0.473. The molecule has 5 nitrogen and oxygen atoms in total. The van der Waals surface area contributed by atoms with Gasteiger partial charge in [0.1, 0.15) is 6.10 Å². The molecule has 2 atom stereocenters. The van der Waals surface area contributed by atoms with E-state index in [2.05, 4.69) is 17.3 Å². The van der Waals surface area contributed by atoms with Gasteiger partial charge in [-0.1, -0.05) is 0 Å². The Morgan fingerprint density at radius 3 is 3.00 bits per heavy atom. The summed E-state index contributed by atoms with van der Waals surface area (Å²) in [6.45, 7) is 4.08. The SMILES string of the molecule is CN(CC1CCCN1C)C(=O)C1CNCCO1. The summed E-state index contributed by atoms with van der Waals surface area (Å²) >= 11 is 0. The van der Waals surface area contributed by atoms with Crippen molar-refractivity contribution in [2.24, 2.45) is 0 Å². The highest BCUT2D eigenvalue weighted by molar-refractivity contribution is 5.81. The van der Waals surface area contributed by atoms with Gasteiger partial charge < -0.3 is 19.9 Å². The van der Waals surface area contributed by atoms with E-state index in [1.54, 1.807) is 0 Å². The van der Waals surface area contributed by atoms with Crippen LogP contribution in [-0.2, 0) is 9.53 Å². The molecule has 2 aliphatic rings. The van der Waals surface area contributed by atoms with Crippen molar-refractivity contribution in [1.29, 1.82) is 0 Å². The average Bonchev–Trinajstić information content (AvgIpc) is 2.75. The van der Waals surface area contributed by atoms with Gasteiger partial charge in [0.25, 0.3) is 5.91 Å². The quantitative estimate of drug-likeness (QED) is 0.725. The fourth-order valence-electron chi connectivity index (χ4n) is 2.59. The third-order valence-electron chi connectivity index (χ3n) is 3.74. The van der Waals surface area contributed by atoms with E-state index in [0.717, 1.165) is 19.6 Å². The molecule has 0 bridgehead atoms. The first-order valence-corrected chi connectivity index (χ1v) is 6.46. The smallest absolute Gasteiger partial charge is 0.252 e. The summed E-state index contributed by atoms with van der Waals surface area (Å²) in [5.41, 5.74) is 0. The van der Waals surface area contributed by atoms with Crippen LogP contribution in [0, 0.1) is 0 Å². The number of morpholine rings is 1. The van der Waals surface area contributed by atoms with Crippen LogP contribution in [0.15, 0.2) is 0 Å². The molecular formula is C12H23N3O2. The van der Waals surface area contributed by atoms with E-state index < -0.39 is 0 Å². The van der Waals surface area contributed by atoms with Gasteiger partial charge in [0.2, 0.25) is 0 Å². The number of carbonyl (C=O) groups is 1. The molecule has 2 heterocycles. The van der Waals surface area contributed by atoms with E-state index in [9.17, 15) is 4.79 Å². The maximum atomic E-state index is 12.1. The van der Waals surface area contributed by atoms with Crippen LogP contribution in [0.4, 0.5) is 0 Å². The summed E-state index contributed by atoms with van der Waals surface area (Å²) in [5, 5.41) is 3.19. The Bertz CT molecular complexity index is 266. The number of nitrogens with zero attached hydrogens (tertiary/aromatic N) is 2. The molecular weight excluding hydrogens is 218 g/mol. The Labute approximate surface area is 103 Å². The molecule has 2 saturated heterocycles. The number of rotatable bonds is 3. The van der Waals surface area contributed by atoms with Crippen molar-refractivity contribution in [3.8, 4) is 0 Å². The number of likely N-dealkylation sites (N-methyl/N-ethyl adjacent to an activating group) is 2. The molecule has 0 spiro atoms. The van der Waals surface area contributed by atoms with Crippen molar-refractivity contribution < 1.29 is 9.53 Å². The van der Waals surface area contributed by atoms with E-state index in [4.69, 9.17) is 4.74 Å². The van der Waals surface area contributed by atoms with Crippen LogP contribution in [0.2, 0.25) is 0 Å². The number of nitrogens with one attached hydrogen (secondary N) is 1. The fourth-order valence-corrected chi connectivity index (χ4v) is 2.59. The van der Waals surface area contributed by atoms with Crippen molar-refractivity contribution in [2.45, 2.75) is 25.0 Å². The zero-order valence-electron chi connectivity index (χ0n) is 10.8. The number of hydrogen-bond donors (Lipinski definition) is 1. The number of carbonyl (C=O) groups excluding carboxylic acids is 1. The zero-order chi connectivity index (χ0) is 12.3. The van der Waals surface area contributed by atoms with E-state index in [1.807, 2.05) is 11.9 Å². The lowest BCUT2D eigenvalue weighted by Gasteiger charge is -2.30. The minimum absolute atomic E-state index is 0.109. The van der Waals surface area contributed by atoms with Gasteiger partial charge >= 0.3 is 0 Å². The van der Waals surface area contributed by atoms with E-state index in [-0.39, 0.29) is 12.0 Å². The summed E-state index contributed by atoms with van der Waals surface area (Å²) in [6.07, 6.45) is 2.14. The van der Waals surface area contributed by atoms with Crippen LogP contribution in [0.3, 0.4) is 0 Å². The van der Waals surface area contributed by atoms with Crippen LogP contribution in [0.1, 0.15) is 12.8 Å².